The Morgan fingerprint density at radius 3 is 2.27 bits per heavy atom. The molecule has 1 unspecified atom stereocenters. The SMILES string of the molecule is NCCNc1cccc(CCc2ccc(S(=O)(=O)CC(CC(=O)O)c3ccccc3)cc2)c1. The summed E-state index contributed by atoms with van der Waals surface area (Å²) in [6.07, 6.45) is 1.38. The fraction of sp³-hybridized carbons (Fsp3) is 0.269. The molecular weight excluding hydrogens is 436 g/mol. The molecule has 3 aromatic rings. The van der Waals surface area contributed by atoms with E-state index in [0.29, 0.717) is 12.1 Å². The molecule has 0 amide bonds. The van der Waals surface area contributed by atoms with Crippen molar-refractivity contribution >= 4 is 21.5 Å². The van der Waals surface area contributed by atoms with Crippen molar-refractivity contribution in [3.63, 3.8) is 0 Å². The third-order valence-electron chi connectivity index (χ3n) is 5.50. The van der Waals surface area contributed by atoms with E-state index >= 15 is 0 Å². The van der Waals surface area contributed by atoms with Crippen LogP contribution in [-0.4, -0.2) is 38.3 Å². The van der Waals surface area contributed by atoms with Gasteiger partial charge in [0, 0.05) is 24.7 Å². The van der Waals surface area contributed by atoms with Crippen LogP contribution < -0.4 is 11.1 Å². The molecule has 3 rings (SSSR count). The highest BCUT2D eigenvalue weighted by Gasteiger charge is 2.24. The second-order valence-corrected chi connectivity index (χ2v) is 10.1. The molecule has 4 N–H and O–H groups in total. The minimum absolute atomic E-state index is 0.213. The summed E-state index contributed by atoms with van der Waals surface area (Å²) in [4.78, 5) is 11.5. The molecule has 0 spiro atoms. The van der Waals surface area contributed by atoms with Gasteiger partial charge in [-0.2, -0.15) is 0 Å². The first-order chi connectivity index (χ1) is 15.9. The van der Waals surface area contributed by atoms with Gasteiger partial charge >= 0.3 is 5.97 Å². The molecule has 0 heterocycles. The third kappa shape index (κ3) is 7.44. The van der Waals surface area contributed by atoms with Gasteiger partial charge in [-0.3, -0.25) is 4.79 Å². The summed E-state index contributed by atoms with van der Waals surface area (Å²) in [6, 6.07) is 24.0. The second-order valence-electron chi connectivity index (χ2n) is 8.05. The van der Waals surface area contributed by atoms with Gasteiger partial charge in [-0.05, 0) is 53.8 Å². The lowest BCUT2D eigenvalue weighted by Crippen LogP contribution is -2.18. The number of nitrogens with two attached hydrogens (primary N) is 1. The molecule has 1 atom stereocenters. The van der Waals surface area contributed by atoms with Crippen LogP contribution in [0.2, 0.25) is 0 Å². The molecule has 0 fully saturated rings. The largest absolute Gasteiger partial charge is 0.481 e. The number of nitrogens with one attached hydrogen (secondary N) is 1. The Labute approximate surface area is 195 Å². The Hall–Kier alpha value is -3.16. The molecule has 0 aliphatic heterocycles. The molecule has 0 radical (unpaired) electrons. The summed E-state index contributed by atoms with van der Waals surface area (Å²) in [5.74, 6) is -1.86. The van der Waals surface area contributed by atoms with Gasteiger partial charge in [0.15, 0.2) is 9.84 Å². The van der Waals surface area contributed by atoms with Crippen molar-refractivity contribution in [3.05, 3.63) is 95.6 Å². The first-order valence-electron chi connectivity index (χ1n) is 11.0. The molecule has 0 aromatic heterocycles. The van der Waals surface area contributed by atoms with Crippen molar-refractivity contribution in [2.24, 2.45) is 5.73 Å². The van der Waals surface area contributed by atoms with Crippen LogP contribution >= 0.6 is 0 Å². The number of hydrogen-bond donors (Lipinski definition) is 3. The van der Waals surface area contributed by atoms with E-state index in [1.807, 2.05) is 30.3 Å². The Balaban J connectivity index is 1.66. The smallest absolute Gasteiger partial charge is 0.303 e. The van der Waals surface area contributed by atoms with Crippen molar-refractivity contribution in [2.75, 3.05) is 24.2 Å². The second kappa shape index (κ2) is 11.6. The molecule has 0 aliphatic rings. The van der Waals surface area contributed by atoms with E-state index in [4.69, 9.17) is 5.73 Å². The lowest BCUT2D eigenvalue weighted by Gasteiger charge is -2.16. The van der Waals surface area contributed by atoms with Crippen LogP contribution in [0, 0.1) is 0 Å². The van der Waals surface area contributed by atoms with Gasteiger partial charge < -0.3 is 16.2 Å². The van der Waals surface area contributed by atoms with Crippen molar-refractivity contribution in [2.45, 2.75) is 30.1 Å². The molecular formula is C26H30N2O4S. The topological polar surface area (TPSA) is 109 Å². The van der Waals surface area contributed by atoms with E-state index in [0.717, 1.165) is 30.6 Å². The van der Waals surface area contributed by atoms with E-state index < -0.39 is 21.7 Å². The summed E-state index contributed by atoms with van der Waals surface area (Å²) in [6.45, 7) is 1.29. The summed E-state index contributed by atoms with van der Waals surface area (Å²) in [5, 5.41) is 12.5. The number of anilines is 1. The number of rotatable bonds is 12. The summed E-state index contributed by atoms with van der Waals surface area (Å²) < 4.78 is 26.0. The van der Waals surface area contributed by atoms with Crippen molar-refractivity contribution in [1.82, 2.24) is 0 Å². The van der Waals surface area contributed by atoms with E-state index in [9.17, 15) is 18.3 Å². The summed E-state index contributed by atoms with van der Waals surface area (Å²) >= 11 is 0. The predicted octanol–water partition coefficient (Wildman–Crippen LogP) is 3.87. The van der Waals surface area contributed by atoms with Gasteiger partial charge in [0.2, 0.25) is 0 Å². The van der Waals surface area contributed by atoms with Crippen LogP contribution in [0.4, 0.5) is 5.69 Å². The minimum Gasteiger partial charge on any atom is -0.481 e. The summed E-state index contributed by atoms with van der Waals surface area (Å²) in [5.41, 5.74) is 9.51. The number of hydrogen-bond acceptors (Lipinski definition) is 5. The molecule has 0 saturated heterocycles. The number of sulfone groups is 1. The lowest BCUT2D eigenvalue weighted by atomic mass is 9.98. The highest BCUT2D eigenvalue weighted by atomic mass is 32.2. The Morgan fingerprint density at radius 1 is 0.909 bits per heavy atom. The fourth-order valence-corrected chi connectivity index (χ4v) is 5.36. The Bertz CT molecular complexity index is 1150. The minimum atomic E-state index is -3.63. The van der Waals surface area contributed by atoms with Crippen LogP contribution in [0.5, 0.6) is 0 Å². The molecule has 0 saturated carbocycles. The van der Waals surface area contributed by atoms with Crippen molar-refractivity contribution in [3.8, 4) is 0 Å². The average molecular weight is 467 g/mol. The maximum atomic E-state index is 13.0. The zero-order valence-electron chi connectivity index (χ0n) is 18.5. The first kappa shape index (κ1) is 24.5. The molecule has 0 bridgehead atoms. The average Bonchev–Trinajstić information content (AvgIpc) is 2.82. The van der Waals surface area contributed by atoms with Gasteiger partial charge in [-0.1, -0.05) is 54.6 Å². The van der Waals surface area contributed by atoms with Gasteiger partial charge in [-0.25, -0.2) is 8.42 Å². The Morgan fingerprint density at radius 2 is 1.61 bits per heavy atom. The van der Waals surface area contributed by atoms with Crippen LogP contribution in [0.1, 0.15) is 29.0 Å². The van der Waals surface area contributed by atoms with Crippen molar-refractivity contribution in [1.29, 1.82) is 0 Å². The molecule has 3 aromatic carbocycles. The van der Waals surface area contributed by atoms with Gasteiger partial charge in [0.1, 0.15) is 0 Å². The zero-order valence-corrected chi connectivity index (χ0v) is 19.3. The maximum absolute atomic E-state index is 13.0. The number of carbonyl (C=O) groups is 1. The first-order valence-corrected chi connectivity index (χ1v) is 12.6. The van der Waals surface area contributed by atoms with E-state index in [1.54, 1.807) is 36.4 Å². The number of aryl methyl sites for hydroxylation is 2. The number of carboxylic acid groups (broad SMARTS) is 1. The van der Waals surface area contributed by atoms with Crippen LogP contribution in [0.15, 0.2) is 83.8 Å². The van der Waals surface area contributed by atoms with Crippen molar-refractivity contribution < 1.29 is 18.3 Å². The highest BCUT2D eigenvalue weighted by molar-refractivity contribution is 7.91. The Kier molecular flexibility index (Phi) is 8.63. The fourth-order valence-electron chi connectivity index (χ4n) is 3.78. The standard InChI is InChI=1S/C26H30N2O4S/c27-15-16-28-24-8-4-5-21(17-24)10-9-20-11-13-25(14-12-20)33(31,32)19-23(18-26(29)30)22-6-2-1-3-7-22/h1-8,11-14,17,23,28H,9-10,15-16,18-19,27H2,(H,29,30). The summed E-state index contributed by atoms with van der Waals surface area (Å²) in [7, 11) is -3.63. The maximum Gasteiger partial charge on any atom is 0.303 e. The quantitative estimate of drug-likeness (QED) is 0.374. The van der Waals surface area contributed by atoms with Gasteiger partial charge in [-0.15, -0.1) is 0 Å². The highest BCUT2D eigenvalue weighted by Crippen LogP contribution is 2.25. The number of benzene rings is 3. The molecule has 7 heteroatoms. The number of carboxylic acids is 1. The van der Waals surface area contributed by atoms with E-state index in [-0.39, 0.29) is 17.1 Å². The molecule has 6 nitrogen and oxygen atoms in total. The van der Waals surface area contributed by atoms with Crippen LogP contribution in [0.25, 0.3) is 0 Å². The molecule has 33 heavy (non-hydrogen) atoms. The predicted molar refractivity (Wildman–Crippen MR) is 131 cm³/mol. The van der Waals surface area contributed by atoms with Crippen LogP contribution in [0.3, 0.4) is 0 Å². The monoisotopic (exact) mass is 466 g/mol. The van der Waals surface area contributed by atoms with E-state index in [2.05, 4.69) is 17.4 Å². The zero-order chi connectivity index (χ0) is 23.7. The van der Waals surface area contributed by atoms with Gasteiger partial charge in [0.05, 0.1) is 17.1 Å². The number of aliphatic carboxylic acids is 1. The molecule has 174 valence electrons. The lowest BCUT2D eigenvalue weighted by molar-refractivity contribution is -0.137. The molecule has 0 aliphatic carbocycles. The van der Waals surface area contributed by atoms with Crippen LogP contribution in [-0.2, 0) is 27.5 Å². The normalized spacial score (nSPS) is 12.3. The third-order valence-corrected chi connectivity index (χ3v) is 7.33. The van der Waals surface area contributed by atoms with Gasteiger partial charge in [0.25, 0.3) is 0 Å². The van der Waals surface area contributed by atoms with E-state index in [1.165, 1.54) is 5.56 Å².